The van der Waals surface area contributed by atoms with Gasteiger partial charge in [-0.1, -0.05) is 81.6 Å². The molecule has 7 heteroatoms. The number of hydrogen-bond acceptors (Lipinski definition) is 5. The number of aromatic nitrogens is 7. The average Bonchev–Trinajstić information content (AvgIpc) is 3.49. The summed E-state index contributed by atoms with van der Waals surface area (Å²) in [7, 11) is 0. The molecule has 4 aromatic rings. The molecule has 2 aromatic heterocycles. The molecule has 0 unspecified atom stereocenters. The Labute approximate surface area is 189 Å². The van der Waals surface area contributed by atoms with Crippen molar-refractivity contribution in [3.05, 3.63) is 65.7 Å². The maximum absolute atomic E-state index is 4.85. The van der Waals surface area contributed by atoms with E-state index in [1.165, 1.54) is 18.4 Å². The third kappa shape index (κ3) is 5.28. The molecule has 0 atom stereocenters. The number of H-pyrrole nitrogens is 1. The Balaban J connectivity index is 1.53. The monoisotopic (exact) mass is 429 g/mol. The van der Waals surface area contributed by atoms with Gasteiger partial charge in [-0.25, -0.2) is 9.67 Å². The van der Waals surface area contributed by atoms with Crippen molar-refractivity contribution in [1.29, 1.82) is 0 Å². The largest absolute Gasteiger partial charge is 0.245 e. The van der Waals surface area contributed by atoms with Crippen LogP contribution in [0.3, 0.4) is 0 Å². The second-order valence-corrected chi connectivity index (χ2v) is 8.14. The van der Waals surface area contributed by atoms with Crippen molar-refractivity contribution in [2.75, 3.05) is 0 Å². The molecular weight excluding hydrogens is 398 g/mol. The van der Waals surface area contributed by atoms with E-state index in [0.717, 1.165) is 67.0 Å². The van der Waals surface area contributed by atoms with Gasteiger partial charge in [-0.3, -0.25) is 0 Å². The number of hydrogen-bond donors (Lipinski definition) is 1. The van der Waals surface area contributed by atoms with Crippen molar-refractivity contribution >= 4 is 0 Å². The van der Waals surface area contributed by atoms with Crippen LogP contribution in [0.2, 0.25) is 0 Å². The normalized spacial score (nSPS) is 11.2. The molecule has 0 spiro atoms. The third-order valence-electron chi connectivity index (χ3n) is 5.66. The SMILES string of the molecule is CCCCCc1nc(CCCC)n(Cc2ccc(-c3ccccc3-c3nn[nH]n3)cc2)n1. The fourth-order valence-electron chi connectivity index (χ4n) is 3.88. The highest BCUT2D eigenvalue weighted by atomic mass is 15.5. The Kier molecular flexibility index (Phi) is 7.38. The second-order valence-electron chi connectivity index (χ2n) is 8.14. The molecule has 0 amide bonds. The fraction of sp³-hybridized carbons (Fsp3) is 0.400. The van der Waals surface area contributed by atoms with Crippen LogP contribution in [-0.4, -0.2) is 35.4 Å². The van der Waals surface area contributed by atoms with Crippen LogP contribution in [0.4, 0.5) is 0 Å². The maximum Gasteiger partial charge on any atom is 0.205 e. The van der Waals surface area contributed by atoms with Gasteiger partial charge in [-0.05, 0) is 34.7 Å². The highest BCUT2D eigenvalue weighted by Gasteiger charge is 2.12. The summed E-state index contributed by atoms with van der Waals surface area (Å²) in [5.74, 6) is 2.68. The Hall–Kier alpha value is -3.35. The predicted octanol–water partition coefficient (Wildman–Crippen LogP) is 5.25. The van der Waals surface area contributed by atoms with Gasteiger partial charge in [0.1, 0.15) is 5.82 Å². The molecule has 0 bridgehead atoms. The summed E-state index contributed by atoms with van der Waals surface area (Å²) in [6, 6.07) is 16.8. The molecule has 0 aliphatic heterocycles. The van der Waals surface area contributed by atoms with E-state index in [1.54, 1.807) is 0 Å². The number of nitrogens with one attached hydrogen (secondary N) is 1. The van der Waals surface area contributed by atoms with Crippen LogP contribution in [0.1, 0.15) is 63.2 Å². The van der Waals surface area contributed by atoms with Gasteiger partial charge in [-0.15, -0.1) is 10.2 Å². The lowest BCUT2D eigenvalue weighted by molar-refractivity contribution is 0.610. The summed E-state index contributed by atoms with van der Waals surface area (Å²) in [5, 5.41) is 19.4. The lowest BCUT2D eigenvalue weighted by atomic mass is 9.98. The smallest absolute Gasteiger partial charge is 0.205 e. The zero-order valence-corrected chi connectivity index (χ0v) is 19.0. The van der Waals surface area contributed by atoms with Gasteiger partial charge in [0.2, 0.25) is 5.82 Å². The van der Waals surface area contributed by atoms with Crippen LogP contribution in [0.5, 0.6) is 0 Å². The molecule has 0 fully saturated rings. The van der Waals surface area contributed by atoms with E-state index in [-0.39, 0.29) is 0 Å². The first-order chi connectivity index (χ1) is 15.8. The molecule has 1 N–H and O–H groups in total. The molecule has 32 heavy (non-hydrogen) atoms. The van der Waals surface area contributed by atoms with Crippen molar-refractivity contribution in [2.24, 2.45) is 0 Å². The molecule has 0 saturated carbocycles. The molecule has 2 aromatic carbocycles. The summed E-state index contributed by atoms with van der Waals surface area (Å²) < 4.78 is 2.10. The Bertz CT molecular complexity index is 1100. The van der Waals surface area contributed by atoms with Gasteiger partial charge in [0.25, 0.3) is 0 Å². The highest BCUT2D eigenvalue weighted by molar-refractivity contribution is 5.80. The quantitative estimate of drug-likeness (QED) is 0.329. The van der Waals surface area contributed by atoms with E-state index >= 15 is 0 Å². The van der Waals surface area contributed by atoms with Crippen LogP contribution in [-0.2, 0) is 19.4 Å². The minimum Gasteiger partial charge on any atom is -0.245 e. The van der Waals surface area contributed by atoms with Gasteiger partial charge in [-0.2, -0.15) is 10.3 Å². The summed E-state index contributed by atoms with van der Waals surface area (Å²) in [4.78, 5) is 4.85. The Morgan fingerprint density at radius 2 is 1.62 bits per heavy atom. The summed E-state index contributed by atoms with van der Waals surface area (Å²) in [6.07, 6.45) is 7.84. The topological polar surface area (TPSA) is 85.2 Å². The Morgan fingerprint density at radius 1 is 0.844 bits per heavy atom. The first-order valence-corrected chi connectivity index (χ1v) is 11.6. The molecule has 0 radical (unpaired) electrons. The summed E-state index contributed by atoms with van der Waals surface area (Å²) >= 11 is 0. The van der Waals surface area contributed by atoms with Crippen LogP contribution >= 0.6 is 0 Å². The number of benzene rings is 2. The second kappa shape index (κ2) is 10.8. The zero-order chi connectivity index (χ0) is 22.2. The minimum absolute atomic E-state index is 0.600. The van der Waals surface area contributed by atoms with Gasteiger partial charge in [0, 0.05) is 18.4 Å². The standard InChI is InChI=1S/C25H31N7/c1-3-5-7-12-23-26-24(13-6-4-2)32(29-23)18-19-14-16-20(17-15-19)21-10-8-9-11-22(21)25-27-30-31-28-25/h8-11,14-17H,3-7,12-13,18H2,1-2H3,(H,27,28,30,31). The minimum atomic E-state index is 0.600. The molecule has 7 nitrogen and oxygen atoms in total. The van der Waals surface area contributed by atoms with E-state index in [9.17, 15) is 0 Å². The number of tetrazole rings is 1. The zero-order valence-electron chi connectivity index (χ0n) is 19.0. The molecule has 166 valence electrons. The number of nitrogens with zero attached hydrogens (tertiary/aromatic N) is 6. The van der Waals surface area contributed by atoms with Crippen LogP contribution in [0.25, 0.3) is 22.5 Å². The molecule has 0 aliphatic carbocycles. The van der Waals surface area contributed by atoms with Crippen molar-refractivity contribution in [3.63, 3.8) is 0 Å². The number of rotatable bonds is 11. The van der Waals surface area contributed by atoms with Crippen molar-refractivity contribution < 1.29 is 0 Å². The van der Waals surface area contributed by atoms with Crippen molar-refractivity contribution in [1.82, 2.24) is 35.4 Å². The van der Waals surface area contributed by atoms with Crippen LogP contribution in [0, 0.1) is 0 Å². The van der Waals surface area contributed by atoms with E-state index in [2.05, 4.69) is 69.5 Å². The average molecular weight is 430 g/mol. The third-order valence-corrected chi connectivity index (χ3v) is 5.66. The van der Waals surface area contributed by atoms with E-state index < -0.39 is 0 Å². The van der Waals surface area contributed by atoms with Gasteiger partial charge >= 0.3 is 0 Å². The van der Waals surface area contributed by atoms with Crippen molar-refractivity contribution in [3.8, 4) is 22.5 Å². The molecule has 0 saturated heterocycles. The van der Waals surface area contributed by atoms with E-state index in [0.29, 0.717) is 5.82 Å². The summed E-state index contributed by atoms with van der Waals surface area (Å²) in [6.45, 7) is 5.18. The lowest BCUT2D eigenvalue weighted by Gasteiger charge is -2.09. The Morgan fingerprint density at radius 3 is 2.34 bits per heavy atom. The molecular formula is C25H31N7. The summed E-state index contributed by atoms with van der Waals surface area (Å²) in [5.41, 5.74) is 4.39. The first kappa shape index (κ1) is 21.9. The van der Waals surface area contributed by atoms with Gasteiger partial charge in [0.05, 0.1) is 6.54 Å². The maximum atomic E-state index is 4.85. The van der Waals surface area contributed by atoms with E-state index in [1.807, 2.05) is 18.2 Å². The van der Waals surface area contributed by atoms with Crippen molar-refractivity contribution in [2.45, 2.75) is 65.3 Å². The van der Waals surface area contributed by atoms with Crippen LogP contribution < -0.4 is 0 Å². The fourth-order valence-corrected chi connectivity index (χ4v) is 3.88. The van der Waals surface area contributed by atoms with Gasteiger partial charge in [0.15, 0.2) is 5.82 Å². The molecule has 2 heterocycles. The number of aromatic amines is 1. The highest BCUT2D eigenvalue weighted by Crippen LogP contribution is 2.29. The number of unbranched alkanes of at least 4 members (excludes halogenated alkanes) is 3. The van der Waals surface area contributed by atoms with Gasteiger partial charge < -0.3 is 0 Å². The van der Waals surface area contributed by atoms with E-state index in [4.69, 9.17) is 10.1 Å². The number of aryl methyl sites for hydroxylation is 2. The molecule has 0 aliphatic rings. The first-order valence-electron chi connectivity index (χ1n) is 11.6. The molecule has 4 rings (SSSR count). The lowest BCUT2D eigenvalue weighted by Crippen LogP contribution is -2.07. The predicted molar refractivity (Wildman–Crippen MR) is 126 cm³/mol. The van der Waals surface area contributed by atoms with Crippen LogP contribution in [0.15, 0.2) is 48.5 Å².